The molecule has 1 aliphatic rings. The van der Waals surface area contributed by atoms with Crippen molar-refractivity contribution in [3.05, 3.63) is 12.7 Å². The number of nitrogens with one attached hydrogen (secondary N) is 1. The molecule has 0 bridgehead atoms. The van der Waals surface area contributed by atoms with Crippen LogP contribution in [0.3, 0.4) is 0 Å². The fourth-order valence-corrected chi connectivity index (χ4v) is 1.79. The molecule has 1 rings (SSSR count). The van der Waals surface area contributed by atoms with Crippen LogP contribution in [0.5, 0.6) is 0 Å². The number of hydrogen-bond donors (Lipinski definition) is 1. The molecule has 1 heterocycles. The van der Waals surface area contributed by atoms with Crippen molar-refractivity contribution in [3.8, 4) is 0 Å². The molecule has 3 nitrogen and oxygen atoms in total. The van der Waals surface area contributed by atoms with E-state index in [9.17, 15) is 0 Å². The highest BCUT2D eigenvalue weighted by atomic mass is 15.3. The van der Waals surface area contributed by atoms with Crippen molar-refractivity contribution in [2.75, 3.05) is 46.3 Å². The van der Waals surface area contributed by atoms with E-state index in [4.69, 9.17) is 0 Å². The molecule has 0 aromatic heterocycles. The zero-order valence-electron chi connectivity index (χ0n) is 9.50. The quantitative estimate of drug-likeness (QED) is 0.508. The van der Waals surface area contributed by atoms with E-state index in [1.165, 1.54) is 26.2 Å². The molecule has 1 N–H and O–H groups in total. The van der Waals surface area contributed by atoms with Crippen molar-refractivity contribution < 1.29 is 0 Å². The number of hydrogen-bond acceptors (Lipinski definition) is 3. The van der Waals surface area contributed by atoms with Crippen molar-refractivity contribution in [2.45, 2.75) is 13.0 Å². The molecular formula is C11H23N3. The predicted molar refractivity (Wildman–Crippen MR) is 61.6 cm³/mol. The maximum absolute atomic E-state index is 3.70. The van der Waals surface area contributed by atoms with Crippen molar-refractivity contribution in [1.29, 1.82) is 0 Å². The minimum absolute atomic E-state index is 0.642. The van der Waals surface area contributed by atoms with Gasteiger partial charge in [-0.05, 0) is 14.0 Å². The Hall–Kier alpha value is -0.380. The van der Waals surface area contributed by atoms with E-state index in [-0.39, 0.29) is 0 Å². The van der Waals surface area contributed by atoms with Crippen molar-refractivity contribution in [2.24, 2.45) is 0 Å². The van der Waals surface area contributed by atoms with Gasteiger partial charge in [0.25, 0.3) is 0 Å². The van der Waals surface area contributed by atoms with E-state index in [1.807, 2.05) is 6.08 Å². The zero-order chi connectivity index (χ0) is 10.4. The summed E-state index contributed by atoms with van der Waals surface area (Å²) >= 11 is 0. The number of rotatable bonds is 5. The topological polar surface area (TPSA) is 18.5 Å². The van der Waals surface area contributed by atoms with Gasteiger partial charge in [0.15, 0.2) is 0 Å². The number of likely N-dealkylation sites (N-methyl/N-ethyl adjacent to an activating group) is 1. The van der Waals surface area contributed by atoms with Crippen LogP contribution in [0.4, 0.5) is 0 Å². The van der Waals surface area contributed by atoms with Gasteiger partial charge in [-0.3, -0.25) is 4.90 Å². The number of nitrogens with zero attached hydrogens (tertiary/aromatic N) is 2. The first-order valence-electron chi connectivity index (χ1n) is 5.48. The van der Waals surface area contributed by atoms with Crippen LogP contribution >= 0.6 is 0 Å². The van der Waals surface area contributed by atoms with E-state index in [1.54, 1.807) is 0 Å². The van der Waals surface area contributed by atoms with E-state index >= 15 is 0 Å². The molecule has 0 aliphatic carbocycles. The molecule has 0 aromatic rings. The molecule has 0 amide bonds. The average Bonchev–Trinajstić information content (AvgIpc) is 2.19. The highest BCUT2D eigenvalue weighted by Crippen LogP contribution is 2.03. The second kappa shape index (κ2) is 6.17. The van der Waals surface area contributed by atoms with Crippen LogP contribution in [0, 0.1) is 0 Å². The van der Waals surface area contributed by atoms with Gasteiger partial charge in [-0.25, -0.2) is 0 Å². The summed E-state index contributed by atoms with van der Waals surface area (Å²) in [6.45, 7) is 12.8. The van der Waals surface area contributed by atoms with Crippen molar-refractivity contribution in [3.63, 3.8) is 0 Å². The van der Waals surface area contributed by atoms with E-state index in [2.05, 4.69) is 35.7 Å². The molecule has 1 saturated heterocycles. The molecule has 0 radical (unpaired) electrons. The summed E-state index contributed by atoms with van der Waals surface area (Å²) < 4.78 is 0. The summed E-state index contributed by atoms with van der Waals surface area (Å²) in [4.78, 5) is 4.94. The summed E-state index contributed by atoms with van der Waals surface area (Å²) in [6, 6.07) is 0.642. The monoisotopic (exact) mass is 197 g/mol. The third-order valence-electron chi connectivity index (χ3n) is 2.89. The lowest BCUT2D eigenvalue weighted by Crippen LogP contribution is -2.50. The van der Waals surface area contributed by atoms with Crippen LogP contribution in [0.25, 0.3) is 0 Å². The Morgan fingerprint density at radius 3 is 2.57 bits per heavy atom. The normalized spacial score (nSPS) is 22.1. The third-order valence-corrected chi connectivity index (χ3v) is 2.89. The average molecular weight is 197 g/mol. The van der Waals surface area contributed by atoms with Crippen LogP contribution in [-0.2, 0) is 0 Å². The Morgan fingerprint density at radius 2 is 2.00 bits per heavy atom. The summed E-state index contributed by atoms with van der Waals surface area (Å²) in [5.41, 5.74) is 0. The van der Waals surface area contributed by atoms with Gasteiger partial charge in [0.1, 0.15) is 0 Å². The molecule has 14 heavy (non-hydrogen) atoms. The molecule has 1 aliphatic heterocycles. The van der Waals surface area contributed by atoms with Gasteiger partial charge in [-0.2, -0.15) is 0 Å². The standard InChI is InChI=1S/C11H23N3/c1-4-5-12-10-11(2)14-8-6-13(3)7-9-14/h4,11-12H,1,5-10H2,2-3H3. The van der Waals surface area contributed by atoms with Crippen LogP contribution < -0.4 is 5.32 Å². The maximum Gasteiger partial charge on any atom is 0.0193 e. The lowest BCUT2D eigenvalue weighted by atomic mass is 10.2. The lowest BCUT2D eigenvalue weighted by Gasteiger charge is -2.36. The SMILES string of the molecule is C=CCNCC(C)N1CCN(C)CC1. The first kappa shape index (κ1) is 11.7. The number of piperazine rings is 1. The lowest BCUT2D eigenvalue weighted by molar-refractivity contribution is 0.118. The van der Waals surface area contributed by atoms with Gasteiger partial charge in [0, 0.05) is 45.3 Å². The second-order valence-corrected chi connectivity index (χ2v) is 4.14. The molecule has 3 heteroatoms. The molecule has 0 aromatic carbocycles. The van der Waals surface area contributed by atoms with Gasteiger partial charge in [-0.1, -0.05) is 6.08 Å². The fourth-order valence-electron chi connectivity index (χ4n) is 1.79. The smallest absolute Gasteiger partial charge is 0.0193 e. The molecule has 1 atom stereocenters. The van der Waals surface area contributed by atoms with Crippen molar-refractivity contribution >= 4 is 0 Å². The van der Waals surface area contributed by atoms with E-state index in [0.29, 0.717) is 6.04 Å². The highest BCUT2D eigenvalue weighted by Gasteiger charge is 2.18. The van der Waals surface area contributed by atoms with Gasteiger partial charge in [0.05, 0.1) is 0 Å². The Labute approximate surface area is 87.8 Å². The largest absolute Gasteiger partial charge is 0.312 e. The van der Waals surface area contributed by atoms with Gasteiger partial charge < -0.3 is 10.2 Å². The second-order valence-electron chi connectivity index (χ2n) is 4.14. The molecule has 1 fully saturated rings. The van der Waals surface area contributed by atoms with Crippen molar-refractivity contribution in [1.82, 2.24) is 15.1 Å². The summed E-state index contributed by atoms with van der Waals surface area (Å²) in [5.74, 6) is 0. The highest BCUT2D eigenvalue weighted by molar-refractivity contribution is 4.77. The molecular weight excluding hydrogens is 174 g/mol. The van der Waals surface area contributed by atoms with Gasteiger partial charge >= 0.3 is 0 Å². The molecule has 1 unspecified atom stereocenters. The Morgan fingerprint density at radius 1 is 1.36 bits per heavy atom. The Kier molecular flexibility index (Phi) is 5.15. The Bertz CT molecular complexity index is 162. The minimum Gasteiger partial charge on any atom is -0.312 e. The fraction of sp³-hybridized carbons (Fsp3) is 0.818. The molecule has 82 valence electrons. The van der Waals surface area contributed by atoms with Crippen LogP contribution in [0.15, 0.2) is 12.7 Å². The first-order chi connectivity index (χ1) is 6.74. The Balaban J connectivity index is 2.16. The first-order valence-corrected chi connectivity index (χ1v) is 5.48. The summed E-state index contributed by atoms with van der Waals surface area (Å²) in [7, 11) is 2.19. The molecule has 0 saturated carbocycles. The van der Waals surface area contributed by atoms with E-state index < -0.39 is 0 Å². The predicted octanol–water partition coefficient (Wildman–Crippen LogP) is 0.398. The third kappa shape index (κ3) is 3.78. The van der Waals surface area contributed by atoms with Crippen LogP contribution in [0.2, 0.25) is 0 Å². The molecule has 0 spiro atoms. The van der Waals surface area contributed by atoms with Crippen LogP contribution in [-0.4, -0.2) is 62.2 Å². The maximum atomic E-state index is 3.70. The minimum atomic E-state index is 0.642. The summed E-state index contributed by atoms with van der Waals surface area (Å²) in [6.07, 6.45) is 1.91. The van der Waals surface area contributed by atoms with E-state index in [0.717, 1.165) is 13.1 Å². The zero-order valence-corrected chi connectivity index (χ0v) is 9.50. The summed E-state index contributed by atoms with van der Waals surface area (Å²) in [5, 5.41) is 3.37. The van der Waals surface area contributed by atoms with Gasteiger partial charge in [0.2, 0.25) is 0 Å². The van der Waals surface area contributed by atoms with Crippen LogP contribution in [0.1, 0.15) is 6.92 Å². The van der Waals surface area contributed by atoms with Gasteiger partial charge in [-0.15, -0.1) is 6.58 Å².